The molecule has 3 aromatic rings. The van der Waals surface area contributed by atoms with Crippen molar-refractivity contribution in [2.45, 2.75) is 57.0 Å². The number of ether oxygens (including phenoxy) is 1. The number of aromatic nitrogens is 4. The molecule has 1 saturated carbocycles. The maximum absolute atomic E-state index is 14.7. The average molecular weight is 511 g/mol. The van der Waals surface area contributed by atoms with Gasteiger partial charge in [0.15, 0.2) is 17.3 Å². The summed E-state index contributed by atoms with van der Waals surface area (Å²) in [4.78, 5) is 25.4. The van der Waals surface area contributed by atoms with Gasteiger partial charge in [-0.25, -0.2) is 18.7 Å². The van der Waals surface area contributed by atoms with E-state index in [-0.39, 0.29) is 35.4 Å². The average Bonchev–Trinajstić information content (AvgIpc) is 3.04. The number of nitriles is 1. The van der Waals surface area contributed by atoms with E-state index < -0.39 is 17.3 Å². The Labute approximate surface area is 212 Å². The molecule has 2 aliphatic rings. The van der Waals surface area contributed by atoms with Gasteiger partial charge in [0.2, 0.25) is 17.8 Å². The Morgan fingerprint density at radius 1 is 1.11 bits per heavy atom. The molecule has 1 saturated heterocycles. The normalized spacial score (nSPS) is 22.2. The minimum atomic E-state index is -0.906. The lowest BCUT2D eigenvalue weighted by Crippen LogP contribution is -2.29. The van der Waals surface area contributed by atoms with Gasteiger partial charge in [-0.15, -0.1) is 0 Å². The molecule has 1 aliphatic heterocycles. The van der Waals surface area contributed by atoms with Crippen molar-refractivity contribution >= 4 is 34.7 Å². The number of amides is 1. The van der Waals surface area contributed by atoms with Crippen LogP contribution in [0, 0.1) is 28.9 Å². The zero-order valence-electron chi connectivity index (χ0n) is 20.2. The standard InChI is InChI=1S/C25H28F2N8O2/c26-18-10-14(12-28)11-19(27)21(18)33-25-32-20-13-30-24(31-16-2-1-8-37-9-7-16)34-23(20)35(25)17-5-3-15(4-6-17)22(29)36/h10-11,13,15-17H,1-9H2,(H2,29,36)(H,32,33)(H,30,31,34)/t15-,16?,17-. The van der Waals surface area contributed by atoms with Gasteiger partial charge >= 0.3 is 0 Å². The van der Waals surface area contributed by atoms with Crippen LogP contribution in [-0.2, 0) is 9.53 Å². The van der Waals surface area contributed by atoms with Crippen molar-refractivity contribution in [1.29, 1.82) is 5.26 Å². The predicted octanol–water partition coefficient (Wildman–Crippen LogP) is 3.92. The number of rotatable bonds is 6. The van der Waals surface area contributed by atoms with Crippen LogP contribution in [0.4, 0.5) is 26.4 Å². The quantitative estimate of drug-likeness (QED) is 0.453. The molecule has 0 radical (unpaired) electrons. The lowest BCUT2D eigenvalue weighted by molar-refractivity contribution is -0.122. The first-order chi connectivity index (χ1) is 17.9. The molecule has 1 unspecified atom stereocenters. The Balaban J connectivity index is 1.52. The minimum absolute atomic E-state index is 0.121. The summed E-state index contributed by atoms with van der Waals surface area (Å²) in [7, 11) is 0. The maximum Gasteiger partial charge on any atom is 0.224 e. The number of hydrogen-bond acceptors (Lipinski definition) is 8. The summed E-state index contributed by atoms with van der Waals surface area (Å²) < 4.78 is 36.8. The minimum Gasteiger partial charge on any atom is -0.381 e. The van der Waals surface area contributed by atoms with E-state index in [1.54, 1.807) is 12.3 Å². The Hall–Kier alpha value is -3.85. The van der Waals surface area contributed by atoms with E-state index in [2.05, 4.69) is 20.6 Å². The third-order valence-electron chi connectivity index (χ3n) is 7.09. The molecule has 1 aliphatic carbocycles. The van der Waals surface area contributed by atoms with E-state index in [0.29, 0.717) is 49.4 Å². The van der Waals surface area contributed by atoms with Crippen LogP contribution in [0.2, 0.25) is 0 Å². The van der Waals surface area contributed by atoms with E-state index in [1.165, 1.54) is 0 Å². The lowest BCUT2D eigenvalue weighted by Gasteiger charge is -2.29. The highest BCUT2D eigenvalue weighted by Gasteiger charge is 2.30. The maximum atomic E-state index is 14.7. The molecule has 37 heavy (non-hydrogen) atoms. The smallest absolute Gasteiger partial charge is 0.224 e. The van der Waals surface area contributed by atoms with Crippen molar-refractivity contribution in [2.75, 3.05) is 23.8 Å². The summed E-state index contributed by atoms with van der Waals surface area (Å²) in [6, 6.07) is 3.72. The Morgan fingerprint density at radius 3 is 2.57 bits per heavy atom. The largest absolute Gasteiger partial charge is 0.381 e. The molecule has 1 aromatic carbocycles. The number of imidazole rings is 1. The van der Waals surface area contributed by atoms with E-state index in [1.807, 2.05) is 4.57 Å². The van der Waals surface area contributed by atoms with Crippen LogP contribution in [0.15, 0.2) is 18.3 Å². The highest BCUT2D eigenvalue weighted by molar-refractivity contribution is 5.78. The summed E-state index contributed by atoms with van der Waals surface area (Å²) in [6.45, 7) is 1.40. The van der Waals surface area contributed by atoms with Gasteiger partial charge in [0, 0.05) is 31.2 Å². The molecular weight excluding hydrogens is 482 g/mol. The summed E-state index contributed by atoms with van der Waals surface area (Å²) in [5.41, 5.74) is 5.96. The van der Waals surface area contributed by atoms with E-state index in [4.69, 9.17) is 20.7 Å². The number of primary amides is 1. The van der Waals surface area contributed by atoms with Gasteiger partial charge in [-0.1, -0.05) is 0 Å². The fourth-order valence-electron chi connectivity index (χ4n) is 5.11. The van der Waals surface area contributed by atoms with Crippen molar-refractivity contribution < 1.29 is 18.3 Å². The number of anilines is 3. The van der Waals surface area contributed by atoms with Crippen molar-refractivity contribution in [3.63, 3.8) is 0 Å². The first-order valence-corrected chi connectivity index (χ1v) is 12.5. The summed E-state index contributed by atoms with van der Waals surface area (Å²) in [5.74, 6) is -1.70. The number of halogens is 2. The Morgan fingerprint density at radius 2 is 1.86 bits per heavy atom. The number of carbonyl (C=O) groups is 1. The second kappa shape index (κ2) is 10.6. The number of benzene rings is 1. The van der Waals surface area contributed by atoms with Crippen molar-refractivity contribution in [3.8, 4) is 6.07 Å². The van der Waals surface area contributed by atoms with Crippen LogP contribution in [0.25, 0.3) is 11.2 Å². The van der Waals surface area contributed by atoms with Gasteiger partial charge < -0.3 is 21.1 Å². The van der Waals surface area contributed by atoms with Crippen LogP contribution in [0.1, 0.15) is 56.6 Å². The lowest BCUT2D eigenvalue weighted by atomic mass is 9.85. The molecule has 0 bridgehead atoms. The zero-order chi connectivity index (χ0) is 25.9. The first kappa shape index (κ1) is 24.8. The molecule has 0 spiro atoms. The highest BCUT2D eigenvalue weighted by Crippen LogP contribution is 2.37. The van der Waals surface area contributed by atoms with E-state index in [9.17, 15) is 13.6 Å². The van der Waals surface area contributed by atoms with Gasteiger partial charge in [-0.2, -0.15) is 10.2 Å². The molecule has 194 valence electrons. The molecule has 5 rings (SSSR count). The Kier molecular flexibility index (Phi) is 7.14. The fourth-order valence-corrected chi connectivity index (χ4v) is 5.11. The van der Waals surface area contributed by atoms with Gasteiger partial charge in [0.25, 0.3) is 0 Å². The molecule has 3 heterocycles. The molecule has 2 fully saturated rings. The highest BCUT2D eigenvalue weighted by atomic mass is 19.1. The summed E-state index contributed by atoms with van der Waals surface area (Å²) in [5, 5.41) is 15.2. The Bertz CT molecular complexity index is 1320. The van der Waals surface area contributed by atoms with Crippen LogP contribution < -0.4 is 16.4 Å². The number of nitrogens with zero attached hydrogens (tertiary/aromatic N) is 5. The molecular formula is C25H28F2N8O2. The third kappa shape index (κ3) is 5.32. The van der Waals surface area contributed by atoms with Crippen molar-refractivity contribution in [3.05, 3.63) is 35.5 Å². The van der Waals surface area contributed by atoms with Crippen LogP contribution in [0.5, 0.6) is 0 Å². The monoisotopic (exact) mass is 510 g/mol. The molecule has 4 N–H and O–H groups in total. The second-order valence-corrected chi connectivity index (χ2v) is 9.55. The molecule has 10 nitrogen and oxygen atoms in total. The van der Waals surface area contributed by atoms with E-state index in [0.717, 1.165) is 38.0 Å². The molecule has 1 amide bonds. The van der Waals surface area contributed by atoms with Gasteiger partial charge in [0.1, 0.15) is 11.2 Å². The van der Waals surface area contributed by atoms with Gasteiger partial charge in [-0.05, 0) is 57.1 Å². The number of hydrogen-bond donors (Lipinski definition) is 3. The molecule has 1 atom stereocenters. The second-order valence-electron chi connectivity index (χ2n) is 9.55. The van der Waals surface area contributed by atoms with Gasteiger partial charge in [-0.3, -0.25) is 9.36 Å². The van der Waals surface area contributed by atoms with Crippen molar-refractivity contribution in [2.24, 2.45) is 11.7 Å². The fraction of sp³-hybridized carbons (Fsp3) is 0.480. The SMILES string of the molecule is N#Cc1cc(F)c(Nc2nc3cnc(NC4CCCOCC4)nc3n2[C@H]2CC[C@H](C(N)=O)CC2)c(F)c1. The van der Waals surface area contributed by atoms with Crippen LogP contribution in [-0.4, -0.2) is 44.7 Å². The topological polar surface area (TPSA) is 144 Å². The summed E-state index contributed by atoms with van der Waals surface area (Å²) in [6.07, 6.45) is 6.73. The number of nitrogens with two attached hydrogens (primary N) is 1. The number of nitrogens with one attached hydrogen (secondary N) is 2. The zero-order valence-corrected chi connectivity index (χ0v) is 20.2. The predicted molar refractivity (Wildman–Crippen MR) is 132 cm³/mol. The first-order valence-electron chi connectivity index (χ1n) is 12.5. The molecule has 12 heteroatoms. The van der Waals surface area contributed by atoms with E-state index >= 15 is 0 Å². The third-order valence-corrected chi connectivity index (χ3v) is 7.09. The number of fused-ring (bicyclic) bond motifs is 1. The summed E-state index contributed by atoms with van der Waals surface area (Å²) >= 11 is 0. The molecule has 2 aromatic heterocycles. The number of carbonyl (C=O) groups excluding carboxylic acids is 1. The van der Waals surface area contributed by atoms with Gasteiger partial charge in [0.05, 0.1) is 17.8 Å². The van der Waals surface area contributed by atoms with Crippen LogP contribution >= 0.6 is 0 Å². The van der Waals surface area contributed by atoms with Crippen LogP contribution in [0.3, 0.4) is 0 Å². The van der Waals surface area contributed by atoms with Crippen molar-refractivity contribution in [1.82, 2.24) is 19.5 Å².